The van der Waals surface area contributed by atoms with Crippen LogP contribution in [0, 0.1) is 16.7 Å². The second-order valence-corrected chi connectivity index (χ2v) is 6.95. The number of carbonyl (C=O) groups is 1. The van der Waals surface area contributed by atoms with E-state index in [0.717, 1.165) is 25.8 Å². The lowest BCUT2D eigenvalue weighted by Crippen LogP contribution is -2.49. The summed E-state index contributed by atoms with van der Waals surface area (Å²) in [6.07, 6.45) is 10.8. The van der Waals surface area contributed by atoms with Crippen LogP contribution in [0.1, 0.15) is 51.4 Å². The van der Waals surface area contributed by atoms with Gasteiger partial charge in [-0.15, -0.1) is 0 Å². The van der Waals surface area contributed by atoms with Crippen molar-refractivity contribution in [3.63, 3.8) is 0 Å². The Bertz CT molecular complexity index is 351. The fourth-order valence-electron chi connectivity index (χ4n) is 2.98. The normalized spacial score (nSPS) is 24.7. The number of rotatable bonds is 4. The van der Waals surface area contributed by atoms with Gasteiger partial charge in [-0.3, -0.25) is 4.79 Å². The van der Waals surface area contributed by atoms with Crippen LogP contribution in [0.5, 0.6) is 0 Å². The average molecular weight is 266 g/mol. The molecule has 2 rings (SSSR count). The molecule has 0 radical (unpaired) electrons. The van der Waals surface area contributed by atoms with Crippen molar-refractivity contribution in [3.05, 3.63) is 0 Å². The summed E-state index contributed by atoms with van der Waals surface area (Å²) in [5.74, 6) is -0.0322. The maximum Gasteiger partial charge on any atom is 0.240 e. The molecule has 0 spiro atoms. The predicted octanol–water partition coefficient (Wildman–Crippen LogP) is 2.86. The van der Waals surface area contributed by atoms with Gasteiger partial charge in [-0.05, 0) is 38.4 Å². The molecule has 2 fully saturated rings. The van der Waals surface area contributed by atoms with E-state index in [4.69, 9.17) is 5.26 Å². The van der Waals surface area contributed by atoms with Gasteiger partial charge in [-0.1, -0.05) is 19.3 Å². The molecule has 0 atom stereocenters. The minimum absolute atomic E-state index is 0.0322. The summed E-state index contributed by atoms with van der Waals surface area (Å²) in [5, 5.41) is 12.2. The molecule has 0 saturated heterocycles. The molecule has 0 aliphatic heterocycles. The zero-order valence-electron chi connectivity index (χ0n) is 11.1. The standard InChI is InChI=1S/C14H22N2OS/c1-18-14(8-3-2-4-9-14)11-16-12(17)13(10-15)6-5-7-13/h2-9,11H2,1H3,(H,16,17). The Kier molecular flexibility index (Phi) is 4.21. The van der Waals surface area contributed by atoms with E-state index < -0.39 is 5.41 Å². The number of carbonyl (C=O) groups excluding carboxylic acids is 1. The molecule has 1 amide bonds. The van der Waals surface area contributed by atoms with Crippen LogP contribution in [0.3, 0.4) is 0 Å². The molecule has 0 unspecified atom stereocenters. The molecule has 4 heteroatoms. The van der Waals surface area contributed by atoms with Crippen molar-refractivity contribution < 1.29 is 4.79 Å². The summed E-state index contributed by atoms with van der Waals surface area (Å²) in [7, 11) is 0. The minimum Gasteiger partial charge on any atom is -0.353 e. The fraction of sp³-hybridized carbons (Fsp3) is 0.857. The molecule has 2 aliphatic carbocycles. The topological polar surface area (TPSA) is 52.9 Å². The summed E-state index contributed by atoms with van der Waals surface area (Å²) in [5.41, 5.74) is -0.700. The third-order valence-electron chi connectivity index (χ3n) is 4.62. The van der Waals surface area contributed by atoms with E-state index in [0.29, 0.717) is 0 Å². The number of nitrogens with one attached hydrogen (secondary N) is 1. The van der Waals surface area contributed by atoms with Crippen LogP contribution in [0.25, 0.3) is 0 Å². The highest BCUT2D eigenvalue weighted by Gasteiger charge is 2.45. The van der Waals surface area contributed by atoms with Crippen LogP contribution < -0.4 is 5.32 Å². The van der Waals surface area contributed by atoms with E-state index in [-0.39, 0.29) is 10.7 Å². The number of hydrogen-bond acceptors (Lipinski definition) is 3. The molecule has 0 aromatic rings. The Labute approximate surface area is 114 Å². The summed E-state index contributed by atoms with van der Waals surface area (Å²) in [6.45, 7) is 0.733. The molecule has 0 aromatic heterocycles. The van der Waals surface area contributed by atoms with Crippen molar-refractivity contribution in [2.24, 2.45) is 5.41 Å². The molecule has 2 aliphatic rings. The molecular formula is C14H22N2OS. The lowest BCUT2D eigenvalue weighted by molar-refractivity contribution is -0.131. The first kappa shape index (κ1) is 13.7. The van der Waals surface area contributed by atoms with Gasteiger partial charge < -0.3 is 5.32 Å². The molecule has 3 nitrogen and oxygen atoms in total. The Balaban J connectivity index is 1.90. The maximum absolute atomic E-state index is 12.1. The average Bonchev–Trinajstić information content (AvgIpc) is 2.37. The van der Waals surface area contributed by atoms with Gasteiger partial charge in [0.2, 0.25) is 5.91 Å². The van der Waals surface area contributed by atoms with Crippen molar-refractivity contribution in [2.45, 2.75) is 56.1 Å². The third-order valence-corrected chi connectivity index (χ3v) is 6.04. The van der Waals surface area contributed by atoms with E-state index in [9.17, 15) is 4.79 Å². The van der Waals surface area contributed by atoms with Gasteiger partial charge in [0.05, 0.1) is 6.07 Å². The first-order valence-electron chi connectivity index (χ1n) is 6.91. The largest absolute Gasteiger partial charge is 0.353 e. The lowest BCUT2D eigenvalue weighted by atomic mass is 9.69. The molecule has 100 valence electrons. The zero-order chi connectivity index (χ0) is 13.1. The second kappa shape index (κ2) is 5.52. The van der Waals surface area contributed by atoms with Crippen LogP contribution in [0.4, 0.5) is 0 Å². The lowest BCUT2D eigenvalue weighted by Gasteiger charge is -2.38. The number of thioether (sulfide) groups is 1. The first-order valence-corrected chi connectivity index (χ1v) is 8.14. The Morgan fingerprint density at radius 3 is 2.33 bits per heavy atom. The van der Waals surface area contributed by atoms with E-state index in [2.05, 4.69) is 17.6 Å². The molecule has 0 bridgehead atoms. The van der Waals surface area contributed by atoms with Crippen LogP contribution in [0.15, 0.2) is 0 Å². The van der Waals surface area contributed by atoms with Gasteiger partial charge in [-0.25, -0.2) is 0 Å². The predicted molar refractivity (Wildman–Crippen MR) is 74.2 cm³/mol. The first-order chi connectivity index (χ1) is 8.66. The molecule has 0 heterocycles. The molecule has 0 aromatic carbocycles. The van der Waals surface area contributed by atoms with Crippen LogP contribution in [-0.2, 0) is 4.79 Å². The number of hydrogen-bond donors (Lipinski definition) is 1. The van der Waals surface area contributed by atoms with Gasteiger partial charge in [-0.2, -0.15) is 17.0 Å². The Hall–Kier alpha value is -0.690. The fourth-order valence-corrected chi connectivity index (χ4v) is 3.89. The van der Waals surface area contributed by atoms with Gasteiger partial charge in [0.1, 0.15) is 5.41 Å². The van der Waals surface area contributed by atoms with Crippen LogP contribution in [-0.4, -0.2) is 23.5 Å². The molecular weight excluding hydrogens is 244 g/mol. The number of nitriles is 1. The van der Waals surface area contributed by atoms with E-state index in [1.165, 1.54) is 32.1 Å². The Morgan fingerprint density at radius 1 is 1.22 bits per heavy atom. The van der Waals surface area contributed by atoms with Crippen molar-refractivity contribution >= 4 is 17.7 Å². The van der Waals surface area contributed by atoms with Crippen molar-refractivity contribution in [3.8, 4) is 6.07 Å². The van der Waals surface area contributed by atoms with Gasteiger partial charge in [0.25, 0.3) is 0 Å². The highest BCUT2D eigenvalue weighted by atomic mass is 32.2. The van der Waals surface area contributed by atoms with Crippen molar-refractivity contribution in [1.29, 1.82) is 5.26 Å². The zero-order valence-corrected chi connectivity index (χ0v) is 11.9. The summed E-state index contributed by atoms with van der Waals surface area (Å²) < 4.78 is 0.217. The smallest absolute Gasteiger partial charge is 0.240 e. The van der Waals surface area contributed by atoms with Crippen molar-refractivity contribution in [1.82, 2.24) is 5.32 Å². The minimum atomic E-state index is -0.700. The summed E-state index contributed by atoms with van der Waals surface area (Å²) in [6, 6.07) is 2.21. The quantitative estimate of drug-likeness (QED) is 0.851. The highest BCUT2D eigenvalue weighted by molar-refractivity contribution is 8.00. The summed E-state index contributed by atoms with van der Waals surface area (Å²) >= 11 is 1.88. The number of amides is 1. The van der Waals surface area contributed by atoms with E-state index >= 15 is 0 Å². The van der Waals surface area contributed by atoms with Gasteiger partial charge in [0.15, 0.2) is 0 Å². The van der Waals surface area contributed by atoms with E-state index in [1.54, 1.807) is 0 Å². The maximum atomic E-state index is 12.1. The Morgan fingerprint density at radius 2 is 1.89 bits per heavy atom. The van der Waals surface area contributed by atoms with Gasteiger partial charge >= 0.3 is 0 Å². The van der Waals surface area contributed by atoms with Crippen LogP contribution >= 0.6 is 11.8 Å². The monoisotopic (exact) mass is 266 g/mol. The molecule has 2 saturated carbocycles. The summed E-state index contributed by atoms with van der Waals surface area (Å²) in [4.78, 5) is 12.1. The molecule has 1 N–H and O–H groups in total. The number of nitrogens with zero attached hydrogens (tertiary/aromatic N) is 1. The highest BCUT2D eigenvalue weighted by Crippen LogP contribution is 2.41. The van der Waals surface area contributed by atoms with Crippen molar-refractivity contribution in [2.75, 3.05) is 12.8 Å². The van der Waals surface area contributed by atoms with Gasteiger partial charge in [0, 0.05) is 11.3 Å². The molecule has 18 heavy (non-hydrogen) atoms. The van der Waals surface area contributed by atoms with E-state index in [1.807, 2.05) is 11.8 Å². The second-order valence-electron chi connectivity index (χ2n) is 5.68. The SMILES string of the molecule is CSC1(CNC(=O)C2(C#N)CCC2)CCCCC1. The third kappa shape index (κ3) is 2.51. The van der Waals surface area contributed by atoms with Crippen LogP contribution in [0.2, 0.25) is 0 Å².